The van der Waals surface area contributed by atoms with Gasteiger partial charge in [0, 0.05) is 40.7 Å². The molecule has 194 valence electrons. The fourth-order valence-corrected chi connectivity index (χ4v) is 5.53. The number of fused-ring (bicyclic) bond motifs is 1. The lowest BCUT2D eigenvalue weighted by Crippen LogP contribution is -2.19. The third-order valence-electron chi connectivity index (χ3n) is 7.15. The second-order valence-corrected chi connectivity index (χ2v) is 10.4. The Balaban J connectivity index is 1.55. The second-order valence-electron chi connectivity index (χ2n) is 9.57. The van der Waals surface area contributed by atoms with Crippen molar-refractivity contribution in [1.82, 2.24) is 19.0 Å². The summed E-state index contributed by atoms with van der Waals surface area (Å²) < 4.78 is 5.31. The van der Waals surface area contributed by atoms with Crippen molar-refractivity contribution in [3.63, 3.8) is 0 Å². The minimum Gasteiger partial charge on any atom is -0.361 e. The molecule has 8 heteroatoms. The van der Waals surface area contributed by atoms with Crippen LogP contribution in [0.15, 0.2) is 99.3 Å². The minimum absolute atomic E-state index is 0.172. The maximum atomic E-state index is 13.6. The van der Waals surface area contributed by atoms with Crippen LogP contribution in [-0.2, 0) is 7.05 Å². The van der Waals surface area contributed by atoms with Gasteiger partial charge in [-0.25, -0.2) is 14.4 Å². The Morgan fingerprint density at radius 2 is 1.69 bits per heavy atom. The number of nitrogens with zero attached hydrogens (tertiary/aromatic N) is 5. The lowest BCUT2D eigenvalue weighted by Gasteiger charge is -2.07. The first-order valence-electron chi connectivity index (χ1n) is 12.7. The van der Waals surface area contributed by atoms with Crippen molar-refractivity contribution in [3.8, 4) is 16.9 Å². The minimum atomic E-state index is -0.172. The summed E-state index contributed by atoms with van der Waals surface area (Å²) in [4.78, 5) is 22.4. The van der Waals surface area contributed by atoms with Crippen molar-refractivity contribution in [2.45, 2.75) is 20.8 Å². The molecule has 3 aromatic heterocycles. The molecular weight excluding hydrogens is 504 g/mol. The summed E-state index contributed by atoms with van der Waals surface area (Å²) in [6.07, 6.45) is 3.79. The predicted octanol–water partition coefficient (Wildman–Crippen LogP) is 6.23. The van der Waals surface area contributed by atoms with E-state index < -0.39 is 0 Å². The molecule has 0 saturated heterocycles. The molecule has 0 saturated carbocycles. The first kappa shape index (κ1) is 24.6. The van der Waals surface area contributed by atoms with Gasteiger partial charge in [0.25, 0.3) is 5.56 Å². The van der Waals surface area contributed by atoms with E-state index in [0.717, 1.165) is 39.1 Å². The highest BCUT2D eigenvalue weighted by Gasteiger charge is 2.17. The van der Waals surface area contributed by atoms with Gasteiger partial charge in [0.1, 0.15) is 0 Å². The number of hydrogen-bond donors (Lipinski definition) is 1. The van der Waals surface area contributed by atoms with Crippen molar-refractivity contribution in [3.05, 3.63) is 122 Å². The van der Waals surface area contributed by atoms with Crippen LogP contribution in [0.4, 0.5) is 5.69 Å². The average molecular weight is 533 g/mol. The van der Waals surface area contributed by atoms with Crippen molar-refractivity contribution < 1.29 is 0 Å². The molecule has 0 radical (unpaired) electrons. The maximum Gasteiger partial charge on any atom is 0.297 e. The number of hydrogen-bond acceptors (Lipinski definition) is 4. The first-order valence-corrected chi connectivity index (χ1v) is 13.6. The molecule has 1 N–H and O–H groups in total. The molecule has 39 heavy (non-hydrogen) atoms. The molecule has 0 atom stereocenters. The fourth-order valence-electron chi connectivity index (χ4n) is 4.69. The van der Waals surface area contributed by atoms with Crippen molar-refractivity contribution in [2.24, 2.45) is 17.1 Å². The Hall–Kier alpha value is -4.69. The van der Waals surface area contributed by atoms with Crippen LogP contribution in [0.3, 0.4) is 0 Å². The molecule has 6 aromatic rings. The van der Waals surface area contributed by atoms with Crippen molar-refractivity contribution >= 4 is 34.1 Å². The van der Waals surface area contributed by atoms with Gasteiger partial charge in [-0.05, 0) is 56.2 Å². The maximum absolute atomic E-state index is 13.6. The summed E-state index contributed by atoms with van der Waals surface area (Å²) >= 11 is 1.46. The quantitative estimate of drug-likeness (QED) is 0.263. The van der Waals surface area contributed by atoms with E-state index in [1.807, 2.05) is 89.7 Å². The third-order valence-corrected chi connectivity index (χ3v) is 7.97. The SMILES string of the molecule is Cc1ccc(-c2csc(=Nc3c(C)n(C)n(-c4ccccc4)c3=O)n2N=Cc2c[nH]c3ccccc23)cc1C. The van der Waals surface area contributed by atoms with Crippen LogP contribution in [0, 0.1) is 20.8 Å². The van der Waals surface area contributed by atoms with E-state index in [4.69, 9.17) is 10.1 Å². The number of nitrogens with one attached hydrogen (secondary N) is 1. The third kappa shape index (κ3) is 4.38. The standard InChI is InChI=1S/C31H28N6OS/c1-20-14-15-23(16-21(20)2)28-19-39-31(36(28)33-18-24-17-32-27-13-9-8-12-26(24)27)34-29-22(3)35(4)37(30(29)38)25-10-6-5-7-11-25/h5-19,32H,1-4H3. The highest BCUT2D eigenvalue weighted by molar-refractivity contribution is 7.07. The first-order chi connectivity index (χ1) is 18.9. The Morgan fingerprint density at radius 1 is 0.923 bits per heavy atom. The van der Waals surface area contributed by atoms with Gasteiger partial charge in [0.2, 0.25) is 4.80 Å². The van der Waals surface area contributed by atoms with Crippen LogP contribution < -0.4 is 10.4 Å². The highest BCUT2D eigenvalue weighted by Crippen LogP contribution is 2.24. The molecule has 6 rings (SSSR count). The molecule has 3 aromatic carbocycles. The summed E-state index contributed by atoms with van der Waals surface area (Å²) in [6.45, 7) is 6.12. The largest absolute Gasteiger partial charge is 0.361 e. The Labute approximate surface area is 229 Å². The van der Waals surface area contributed by atoms with E-state index in [1.54, 1.807) is 4.68 Å². The molecule has 0 aliphatic rings. The molecule has 0 aliphatic carbocycles. The zero-order valence-corrected chi connectivity index (χ0v) is 23.0. The molecular formula is C31H28N6OS. The molecule has 3 heterocycles. The lowest BCUT2D eigenvalue weighted by molar-refractivity contribution is 0.630. The fraction of sp³-hybridized carbons (Fsp3) is 0.129. The Morgan fingerprint density at radius 3 is 2.49 bits per heavy atom. The van der Waals surface area contributed by atoms with Crippen LogP contribution in [0.25, 0.3) is 27.8 Å². The number of para-hydroxylation sites is 2. The van der Waals surface area contributed by atoms with Gasteiger partial charge < -0.3 is 4.98 Å². The van der Waals surface area contributed by atoms with Crippen molar-refractivity contribution in [2.75, 3.05) is 0 Å². The summed E-state index contributed by atoms with van der Waals surface area (Å²) in [6, 6.07) is 24.1. The van der Waals surface area contributed by atoms with Crippen LogP contribution in [0.5, 0.6) is 0 Å². The number of aromatic nitrogens is 4. The predicted molar refractivity (Wildman–Crippen MR) is 159 cm³/mol. The normalized spacial score (nSPS) is 12.3. The molecule has 0 bridgehead atoms. The topological polar surface area (TPSA) is 72.4 Å². The van der Waals surface area contributed by atoms with E-state index >= 15 is 0 Å². The summed E-state index contributed by atoms with van der Waals surface area (Å²) in [5.41, 5.74) is 8.20. The van der Waals surface area contributed by atoms with Gasteiger partial charge in [0.05, 0.1) is 23.3 Å². The van der Waals surface area contributed by atoms with Gasteiger partial charge in [-0.3, -0.25) is 9.48 Å². The Kier molecular flexibility index (Phi) is 6.24. The molecule has 0 fully saturated rings. The summed E-state index contributed by atoms with van der Waals surface area (Å²) in [5.74, 6) is 0. The highest BCUT2D eigenvalue weighted by atomic mass is 32.1. The van der Waals surface area contributed by atoms with Gasteiger partial charge in [0.15, 0.2) is 5.69 Å². The molecule has 0 amide bonds. The number of rotatable bonds is 5. The van der Waals surface area contributed by atoms with Crippen LogP contribution in [0.1, 0.15) is 22.4 Å². The zero-order valence-electron chi connectivity index (χ0n) is 22.2. The number of benzene rings is 3. The summed E-state index contributed by atoms with van der Waals surface area (Å²) in [7, 11) is 1.88. The Bertz CT molecular complexity index is 1980. The molecule has 0 spiro atoms. The van der Waals surface area contributed by atoms with E-state index in [2.05, 4.69) is 43.1 Å². The van der Waals surface area contributed by atoms with Gasteiger partial charge in [-0.2, -0.15) is 5.10 Å². The number of aromatic amines is 1. The zero-order chi connectivity index (χ0) is 27.1. The summed E-state index contributed by atoms with van der Waals surface area (Å²) in [5, 5.41) is 8.04. The second kappa shape index (κ2) is 9.89. The van der Waals surface area contributed by atoms with E-state index in [9.17, 15) is 4.79 Å². The smallest absolute Gasteiger partial charge is 0.297 e. The number of thiazole rings is 1. The average Bonchev–Trinajstić information content (AvgIpc) is 3.61. The monoisotopic (exact) mass is 532 g/mol. The number of aryl methyl sites for hydroxylation is 2. The van der Waals surface area contributed by atoms with E-state index in [-0.39, 0.29) is 5.56 Å². The van der Waals surface area contributed by atoms with Crippen LogP contribution >= 0.6 is 11.3 Å². The van der Waals surface area contributed by atoms with Crippen LogP contribution in [0.2, 0.25) is 0 Å². The van der Waals surface area contributed by atoms with E-state index in [0.29, 0.717) is 10.5 Å². The van der Waals surface area contributed by atoms with Crippen LogP contribution in [-0.4, -0.2) is 25.2 Å². The van der Waals surface area contributed by atoms with Crippen molar-refractivity contribution in [1.29, 1.82) is 0 Å². The lowest BCUT2D eigenvalue weighted by atomic mass is 10.1. The number of H-pyrrole nitrogens is 1. The molecule has 7 nitrogen and oxygen atoms in total. The molecule has 0 aliphatic heterocycles. The van der Waals surface area contributed by atoms with Gasteiger partial charge >= 0.3 is 0 Å². The molecule has 0 unspecified atom stereocenters. The van der Waals surface area contributed by atoms with Gasteiger partial charge in [-0.15, -0.1) is 11.3 Å². The van der Waals surface area contributed by atoms with E-state index in [1.165, 1.54) is 22.5 Å². The van der Waals surface area contributed by atoms with Gasteiger partial charge in [-0.1, -0.05) is 48.5 Å².